The number of thioether (sulfide) groups is 1. The first-order chi connectivity index (χ1) is 13.3. The zero-order chi connectivity index (χ0) is 18.5. The van der Waals surface area contributed by atoms with Crippen molar-refractivity contribution in [2.24, 2.45) is 0 Å². The smallest absolute Gasteiger partial charge is 0.284 e. The molecule has 0 spiro atoms. The lowest BCUT2D eigenvalue weighted by Crippen LogP contribution is -2.42. The molecule has 140 valence electrons. The van der Waals surface area contributed by atoms with E-state index in [9.17, 15) is 4.79 Å². The third-order valence-electron chi connectivity index (χ3n) is 4.70. The Morgan fingerprint density at radius 2 is 1.89 bits per heavy atom. The van der Waals surface area contributed by atoms with Crippen molar-refractivity contribution in [2.75, 3.05) is 10.7 Å². The SMILES string of the molecule is O=C(CSc1nnc(-c2ccco2)o1)N(c1ccccc1)C1CCCCC1. The zero-order valence-electron chi connectivity index (χ0n) is 14.9. The van der Waals surface area contributed by atoms with Gasteiger partial charge < -0.3 is 13.7 Å². The van der Waals surface area contributed by atoms with Crippen molar-refractivity contribution >= 4 is 23.4 Å². The third-order valence-corrected chi connectivity index (χ3v) is 5.50. The molecule has 4 rings (SSSR count). The van der Waals surface area contributed by atoms with Crippen LogP contribution < -0.4 is 4.90 Å². The molecule has 0 bridgehead atoms. The summed E-state index contributed by atoms with van der Waals surface area (Å²) in [7, 11) is 0. The minimum atomic E-state index is 0.0656. The molecule has 1 fully saturated rings. The van der Waals surface area contributed by atoms with Crippen molar-refractivity contribution in [3.05, 3.63) is 48.7 Å². The normalized spacial score (nSPS) is 15.0. The number of para-hydroxylation sites is 1. The van der Waals surface area contributed by atoms with Gasteiger partial charge in [0, 0.05) is 11.7 Å². The number of anilines is 1. The highest BCUT2D eigenvalue weighted by molar-refractivity contribution is 7.99. The Morgan fingerprint density at radius 1 is 1.07 bits per heavy atom. The average molecular weight is 383 g/mol. The number of furan rings is 1. The summed E-state index contributed by atoms with van der Waals surface area (Å²) in [6, 6.07) is 13.7. The number of amides is 1. The van der Waals surface area contributed by atoms with Crippen LogP contribution in [0.1, 0.15) is 32.1 Å². The summed E-state index contributed by atoms with van der Waals surface area (Å²) in [4.78, 5) is 15.0. The maximum Gasteiger partial charge on any atom is 0.284 e. The van der Waals surface area contributed by atoms with Gasteiger partial charge in [0.1, 0.15) is 0 Å². The fraction of sp³-hybridized carbons (Fsp3) is 0.350. The first kappa shape index (κ1) is 17.9. The Labute approximate surface area is 162 Å². The van der Waals surface area contributed by atoms with Crippen LogP contribution in [0.4, 0.5) is 5.69 Å². The molecule has 2 aromatic heterocycles. The van der Waals surface area contributed by atoms with Crippen LogP contribution >= 0.6 is 11.8 Å². The Kier molecular flexibility index (Phi) is 5.58. The highest BCUT2D eigenvalue weighted by Gasteiger charge is 2.27. The van der Waals surface area contributed by atoms with Gasteiger partial charge >= 0.3 is 0 Å². The fourth-order valence-electron chi connectivity index (χ4n) is 3.45. The minimum Gasteiger partial charge on any atom is -0.459 e. The summed E-state index contributed by atoms with van der Waals surface area (Å²) in [5, 5.41) is 8.34. The van der Waals surface area contributed by atoms with Crippen LogP contribution in [0.25, 0.3) is 11.7 Å². The van der Waals surface area contributed by atoms with Gasteiger partial charge in [-0.05, 0) is 37.1 Å². The van der Waals surface area contributed by atoms with E-state index >= 15 is 0 Å². The third kappa shape index (κ3) is 4.24. The number of aromatic nitrogens is 2. The van der Waals surface area contributed by atoms with Crippen LogP contribution in [-0.4, -0.2) is 27.9 Å². The molecule has 7 heteroatoms. The Balaban J connectivity index is 1.45. The number of benzene rings is 1. The van der Waals surface area contributed by atoms with Crippen LogP contribution in [0.3, 0.4) is 0 Å². The standard InChI is InChI=1S/C20H21N3O3S/c24-18(14-27-20-22-21-19(26-20)17-12-7-13-25-17)23(15-8-3-1-4-9-15)16-10-5-2-6-11-16/h1,3-4,7-9,12-13,16H,2,5-6,10-11,14H2. The van der Waals surface area contributed by atoms with Gasteiger partial charge in [-0.15, -0.1) is 10.2 Å². The summed E-state index contributed by atoms with van der Waals surface area (Å²) in [5.41, 5.74) is 0.955. The molecule has 0 saturated heterocycles. The molecule has 3 aromatic rings. The quantitative estimate of drug-likeness (QED) is 0.570. The molecule has 6 nitrogen and oxygen atoms in total. The van der Waals surface area contributed by atoms with Crippen molar-refractivity contribution in [3.8, 4) is 11.7 Å². The predicted octanol–water partition coefficient (Wildman–Crippen LogP) is 4.79. The minimum absolute atomic E-state index is 0.0656. The molecule has 0 N–H and O–H groups in total. The van der Waals surface area contributed by atoms with Crippen LogP contribution in [0, 0.1) is 0 Å². The van der Waals surface area contributed by atoms with E-state index in [1.807, 2.05) is 35.2 Å². The van der Waals surface area contributed by atoms with E-state index in [1.54, 1.807) is 18.4 Å². The Hall–Kier alpha value is -2.54. The molecule has 0 unspecified atom stereocenters. The summed E-state index contributed by atoms with van der Waals surface area (Å²) in [6.45, 7) is 0. The molecule has 0 aliphatic heterocycles. The molecule has 1 aliphatic rings. The van der Waals surface area contributed by atoms with Gasteiger partial charge in [-0.3, -0.25) is 4.79 Å². The maximum absolute atomic E-state index is 13.0. The van der Waals surface area contributed by atoms with Crippen molar-refractivity contribution in [1.29, 1.82) is 0 Å². The number of hydrogen-bond donors (Lipinski definition) is 0. The van der Waals surface area contributed by atoms with Gasteiger partial charge in [-0.1, -0.05) is 49.2 Å². The molecular formula is C20H21N3O3S. The topological polar surface area (TPSA) is 72.4 Å². The summed E-state index contributed by atoms with van der Waals surface area (Å²) in [5.74, 6) is 1.16. The van der Waals surface area contributed by atoms with Gasteiger partial charge in [-0.2, -0.15) is 0 Å². The first-order valence-electron chi connectivity index (χ1n) is 9.18. The average Bonchev–Trinajstić information content (AvgIpc) is 3.40. The van der Waals surface area contributed by atoms with Crippen molar-refractivity contribution < 1.29 is 13.6 Å². The van der Waals surface area contributed by atoms with E-state index in [4.69, 9.17) is 8.83 Å². The van der Waals surface area contributed by atoms with E-state index < -0.39 is 0 Å². The second-order valence-corrected chi connectivity index (χ2v) is 7.46. The van der Waals surface area contributed by atoms with Gasteiger partial charge in [0.2, 0.25) is 5.91 Å². The molecule has 27 heavy (non-hydrogen) atoms. The van der Waals surface area contributed by atoms with Crippen molar-refractivity contribution in [2.45, 2.75) is 43.4 Å². The van der Waals surface area contributed by atoms with E-state index in [0.717, 1.165) is 18.5 Å². The molecule has 1 aliphatic carbocycles. The van der Waals surface area contributed by atoms with E-state index in [-0.39, 0.29) is 17.7 Å². The molecule has 0 atom stereocenters. The summed E-state index contributed by atoms with van der Waals surface area (Å²) >= 11 is 1.26. The molecule has 1 amide bonds. The number of nitrogens with zero attached hydrogens (tertiary/aromatic N) is 3. The number of carbonyl (C=O) groups excluding carboxylic acids is 1. The van der Waals surface area contributed by atoms with Gasteiger partial charge in [-0.25, -0.2) is 0 Å². The lowest BCUT2D eigenvalue weighted by Gasteiger charge is -2.34. The Morgan fingerprint density at radius 3 is 2.63 bits per heavy atom. The number of hydrogen-bond acceptors (Lipinski definition) is 6. The lowest BCUT2D eigenvalue weighted by molar-refractivity contribution is -0.116. The molecule has 1 aromatic carbocycles. The zero-order valence-corrected chi connectivity index (χ0v) is 15.7. The predicted molar refractivity (Wildman–Crippen MR) is 104 cm³/mol. The van der Waals surface area contributed by atoms with Gasteiger partial charge in [0.25, 0.3) is 11.1 Å². The van der Waals surface area contributed by atoms with E-state index in [2.05, 4.69) is 10.2 Å². The second kappa shape index (κ2) is 8.43. The molecule has 0 radical (unpaired) electrons. The largest absolute Gasteiger partial charge is 0.459 e. The van der Waals surface area contributed by atoms with E-state index in [1.165, 1.54) is 31.0 Å². The summed E-state index contributed by atoms with van der Waals surface area (Å²) < 4.78 is 10.8. The van der Waals surface area contributed by atoms with Crippen LogP contribution in [0.2, 0.25) is 0 Å². The number of carbonyl (C=O) groups is 1. The monoisotopic (exact) mass is 383 g/mol. The van der Waals surface area contributed by atoms with Crippen LogP contribution in [-0.2, 0) is 4.79 Å². The Bertz CT molecular complexity index is 858. The first-order valence-corrected chi connectivity index (χ1v) is 10.2. The number of rotatable bonds is 6. The highest BCUT2D eigenvalue weighted by atomic mass is 32.2. The highest BCUT2D eigenvalue weighted by Crippen LogP contribution is 2.29. The fourth-order valence-corrected chi connectivity index (χ4v) is 4.07. The van der Waals surface area contributed by atoms with E-state index in [0.29, 0.717) is 16.9 Å². The van der Waals surface area contributed by atoms with Crippen LogP contribution in [0.15, 0.2) is 62.8 Å². The van der Waals surface area contributed by atoms with Gasteiger partial charge in [0.15, 0.2) is 5.76 Å². The van der Waals surface area contributed by atoms with Crippen molar-refractivity contribution in [1.82, 2.24) is 10.2 Å². The lowest BCUT2D eigenvalue weighted by atomic mass is 9.93. The molecule has 1 saturated carbocycles. The summed E-state index contributed by atoms with van der Waals surface area (Å²) in [6.07, 6.45) is 7.25. The maximum atomic E-state index is 13.0. The second-order valence-electron chi connectivity index (χ2n) is 6.53. The van der Waals surface area contributed by atoms with Crippen LogP contribution in [0.5, 0.6) is 0 Å². The molecule has 2 heterocycles. The molecular weight excluding hydrogens is 362 g/mol. The van der Waals surface area contributed by atoms with Crippen molar-refractivity contribution in [3.63, 3.8) is 0 Å². The van der Waals surface area contributed by atoms with Gasteiger partial charge in [0.05, 0.1) is 12.0 Å².